The van der Waals surface area contributed by atoms with Crippen molar-refractivity contribution in [3.63, 3.8) is 0 Å². The van der Waals surface area contributed by atoms with Crippen LogP contribution in [0.5, 0.6) is 0 Å². The molecule has 1 aliphatic rings. The molecule has 0 bridgehead atoms. The smallest absolute Gasteiger partial charge is 0.407 e. The number of rotatable bonds is 4. The molecule has 0 aromatic heterocycles. The molecule has 1 aromatic carbocycles. The Balaban J connectivity index is 2.18. The predicted molar refractivity (Wildman–Crippen MR) is 101 cm³/mol. The fraction of sp³-hybridized carbons (Fsp3) is 0.647. The highest BCUT2D eigenvalue weighted by Gasteiger charge is 2.56. The van der Waals surface area contributed by atoms with Crippen molar-refractivity contribution in [1.82, 2.24) is 0 Å². The van der Waals surface area contributed by atoms with Gasteiger partial charge in [-0.05, 0) is 35.8 Å². The molecule has 1 aliphatic heterocycles. The zero-order valence-corrected chi connectivity index (χ0v) is 18.4. The van der Waals surface area contributed by atoms with Crippen LogP contribution in [0.2, 0.25) is 18.1 Å². The number of hydrogen-bond acceptors (Lipinski definition) is 2. The van der Waals surface area contributed by atoms with E-state index in [1.54, 1.807) is 0 Å². The van der Waals surface area contributed by atoms with Crippen LogP contribution in [-0.2, 0) is 15.3 Å². The number of ether oxygens (including phenoxy) is 1. The second-order valence-electron chi connectivity index (χ2n) is 7.98. The van der Waals surface area contributed by atoms with Gasteiger partial charge >= 0.3 is 6.18 Å². The molecule has 0 unspecified atom stereocenters. The van der Waals surface area contributed by atoms with Crippen LogP contribution in [0.4, 0.5) is 13.2 Å². The molecule has 0 amide bonds. The molecule has 1 saturated heterocycles. The highest BCUT2D eigenvalue weighted by Crippen LogP contribution is 2.51. The lowest BCUT2D eigenvalue weighted by Crippen LogP contribution is -2.49. The standard InChI is InChI=1S/C17H22Cl3F3O2Si/c1-15(2,3)26(4,5)25-14(16(18,19)20)13-12(24-13)10-6-8-11(9-7-10)17(21,22)23/h6-9,12-14H,1-5H3/t12-,13+,14+/m0/s1. The topological polar surface area (TPSA) is 21.8 Å². The van der Waals surface area contributed by atoms with Crippen molar-refractivity contribution in [2.24, 2.45) is 0 Å². The van der Waals surface area contributed by atoms with Crippen LogP contribution >= 0.6 is 34.8 Å². The maximum absolute atomic E-state index is 12.7. The van der Waals surface area contributed by atoms with Gasteiger partial charge in [-0.1, -0.05) is 67.7 Å². The molecular weight excluding hydrogens is 428 g/mol. The van der Waals surface area contributed by atoms with Gasteiger partial charge in [-0.15, -0.1) is 0 Å². The third kappa shape index (κ3) is 5.09. The van der Waals surface area contributed by atoms with E-state index < -0.39 is 42.2 Å². The minimum atomic E-state index is -4.38. The molecule has 2 nitrogen and oxygen atoms in total. The van der Waals surface area contributed by atoms with Crippen LogP contribution in [0.25, 0.3) is 0 Å². The Labute approximate surface area is 168 Å². The van der Waals surface area contributed by atoms with Crippen molar-refractivity contribution < 1.29 is 22.3 Å². The minimum Gasteiger partial charge on any atom is -0.407 e. The average Bonchev–Trinajstić information content (AvgIpc) is 3.21. The van der Waals surface area contributed by atoms with Gasteiger partial charge < -0.3 is 9.16 Å². The number of benzene rings is 1. The summed E-state index contributed by atoms with van der Waals surface area (Å²) in [4.78, 5) is 0. The maximum atomic E-state index is 12.7. The van der Waals surface area contributed by atoms with Crippen LogP contribution in [0.15, 0.2) is 24.3 Å². The van der Waals surface area contributed by atoms with Gasteiger partial charge in [-0.3, -0.25) is 0 Å². The lowest BCUT2D eigenvalue weighted by atomic mass is 10.1. The van der Waals surface area contributed by atoms with E-state index >= 15 is 0 Å². The molecule has 1 aromatic rings. The van der Waals surface area contributed by atoms with Crippen molar-refractivity contribution in [1.29, 1.82) is 0 Å². The third-order valence-electron chi connectivity index (χ3n) is 4.94. The molecule has 148 valence electrons. The van der Waals surface area contributed by atoms with Crippen molar-refractivity contribution >= 4 is 43.1 Å². The number of epoxide rings is 1. The van der Waals surface area contributed by atoms with E-state index in [0.717, 1.165) is 12.1 Å². The summed E-state index contributed by atoms with van der Waals surface area (Å²) in [5.74, 6) is 0. The molecule has 9 heteroatoms. The van der Waals surface area contributed by atoms with Crippen molar-refractivity contribution in [3.05, 3.63) is 35.4 Å². The summed E-state index contributed by atoms with van der Waals surface area (Å²) in [7, 11) is -2.25. The van der Waals surface area contributed by atoms with Gasteiger partial charge in [0, 0.05) is 0 Å². The van der Waals surface area contributed by atoms with Crippen LogP contribution in [0.3, 0.4) is 0 Å². The van der Waals surface area contributed by atoms with Gasteiger partial charge in [0.1, 0.15) is 18.3 Å². The normalized spacial score (nSPS) is 23.0. The fourth-order valence-electron chi connectivity index (χ4n) is 2.30. The third-order valence-corrected chi connectivity index (χ3v) is 10.0. The lowest BCUT2D eigenvalue weighted by molar-refractivity contribution is -0.137. The van der Waals surface area contributed by atoms with E-state index in [-0.39, 0.29) is 5.04 Å². The Bertz CT molecular complexity index is 637. The largest absolute Gasteiger partial charge is 0.416 e. The van der Waals surface area contributed by atoms with Crippen LogP contribution in [-0.4, -0.2) is 24.3 Å². The van der Waals surface area contributed by atoms with E-state index in [4.69, 9.17) is 44.0 Å². The summed E-state index contributed by atoms with van der Waals surface area (Å²) in [6, 6.07) is 4.81. The molecule has 1 heterocycles. The Kier molecular flexibility index (Phi) is 6.11. The molecular formula is C17H22Cl3F3O2Si. The molecule has 0 N–H and O–H groups in total. The predicted octanol–water partition coefficient (Wildman–Crippen LogP) is 6.91. The first-order valence-corrected chi connectivity index (χ1v) is 12.2. The Morgan fingerprint density at radius 3 is 1.92 bits per heavy atom. The van der Waals surface area contributed by atoms with Gasteiger partial charge in [0.15, 0.2) is 8.32 Å². The quantitative estimate of drug-likeness (QED) is 0.283. The summed E-state index contributed by atoms with van der Waals surface area (Å²) in [6.07, 6.45) is -6.16. The van der Waals surface area contributed by atoms with Gasteiger partial charge in [-0.25, -0.2) is 0 Å². The minimum absolute atomic E-state index is 0.0973. The Morgan fingerprint density at radius 1 is 1.04 bits per heavy atom. The number of halogens is 6. The first kappa shape index (κ1) is 22.3. The first-order chi connectivity index (χ1) is 11.5. The first-order valence-electron chi connectivity index (χ1n) is 8.11. The molecule has 0 aliphatic carbocycles. The van der Waals surface area contributed by atoms with Gasteiger partial charge in [0.2, 0.25) is 3.79 Å². The van der Waals surface area contributed by atoms with E-state index in [2.05, 4.69) is 20.8 Å². The maximum Gasteiger partial charge on any atom is 0.416 e. The van der Waals surface area contributed by atoms with Gasteiger partial charge in [0.05, 0.1) is 5.56 Å². The van der Waals surface area contributed by atoms with Gasteiger partial charge in [-0.2, -0.15) is 13.2 Å². The summed E-state index contributed by atoms with van der Waals surface area (Å²) in [6.45, 7) is 10.3. The second kappa shape index (κ2) is 7.12. The van der Waals surface area contributed by atoms with Crippen LogP contribution < -0.4 is 0 Å². The Hall–Kier alpha value is 0.0169. The summed E-state index contributed by atoms with van der Waals surface area (Å²) < 4.78 is 48.3. The van der Waals surface area contributed by atoms with Crippen LogP contribution in [0, 0.1) is 0 Å². The van der Waals surface area contributed by atoms with Crippen molar-refractivity contribution in [3.8, 4) is 0 Å². The summed E-state index contributed by atoms with van der Waals surface area (Å²) >= 11 is 18.4. The molecule has 2 rings (SSSR count). The summed E-state index contributed by atoms with van der Waals surface area (Å²) in [5.41, 5.74) is -0.116. The van der Waals surface area contributed by atoms with E-state index in [1.807, 2.05) is 13.1 Å². The van der Waals surface area contributed by atoms with E-state index in [0.29, 0.717) is 5.56 Å². The number of alkyl halides is 6. The van der Waals surface area contributed by atoms with Crippen molar-refractivity contribution in [2.45, 2.75) is 67.2 Å². The van der Waals surface area contributed by atoms with Crippen molar-refractivity contribution in [2.75, 3.05) is 0 Å². The molecule has 0 spiro atoms. The highest BCUT2D eigenvalue weighted by molar-refractivity contribution is 6.74. The SMILES string of the molecule is CC(C)(C)[Si](C)(C)O[C@H]([C@@H]1O[C@H]1c1ccc(C(F)(F)F)cc1)C(Cl)(Cl)Cl. The average molecular weight is 450 g/mol. The van der Waals surface area contributed by atoms with E-state index in [1.165, 1.54) is 12.1 Å². The number of hydrogen-bond donors (Lipinski definition) is 0. The fourth-order valence-corrected chi connectivity index (χ4v) is 4.33. The zero-order valence-electron chi connectivity index (χ0n) is 15.1. The second-order valence-corrected chi connectivity index (χ2v) is 15.1. The zero-order chi connectivity index (χ0) is 20.1. The Morgan fingerprint density at radius 2 is 1.54 bits per heavy atom. The molecule has 26 heavy (non-hydrogen) atoms. The molecule has 1 fully saturated rings. The molecule has 0 saturated carbocycles. The highest BCUT2D eigenvalue weighted by atomic mass is 35.6. The molecule has 0 radical (unpaired) electrons. The van der Waals surface area contributed by atoms with Gasteiger partial charge in [0.25, 0.3) is 0 Å². The molecule has 3 atom stereocenters. The summed E-state index contributed by atoms with van der Waals surface area (Å²) in [5, 5.41) is -0.0973. The monoisotopic (exact) mass is 448 g/mol. The van der Waals surface area contributed by atoms with Crippen LogP contribution in [0.1, 0.15) is 38.0 Å². The van der Waals surface area contributed by atoms with E-state index in [9.17, 15) is 13.2 Å². The lowest BCUT2D eigenvalue weighted by Gasteiger charge is -2.40.